The maximum Gasteiger partial charge on any atom is 0.270 e. The van der Waals surface area contributed by atoms with Crippen LogP contribution in [-0.4, -0.2) is 26.2 Å². The molecule has 3 rings (SSSR count). The third-order valence-electron chi connectivity index (χ3n) is 4.75. The summed E-state index contributed by atoms with van der Waals surface area (Å²) in [6.45, 7) is 5.08. The fourth-order valence-electron chi connectivity index (χ4n) is 2.92. The number of H-pyrrole nitrogens is 1. The van der Waals surface area contributed by atoms with E-state index in [1.165, 1.54) is 30.5 Å². The lowest BCUT2D eigenvalue weighted by Gasteiger charge is -2.49. The second kappa shape index (κ2) is 5.59. The normalized spacial score (nSPS) is 24.1. The molecular weight excluding hydrogens is 326 g/mol. The summed E-state index contributed by atoms with van der Waals surface area (Å²) in [5.74, 6) is 0.449. The third kappa shape index (κ3) is 2.85. The lowest BCUT2D eigenvalue weighted by atomic mass is 9.75. The Morgan fingerprint density at radius 1 is 1.28 bits per heavy atom. The summed E-state index contributed by atoms with van der Waals surface area (Å²) in [6, 6.07) is 6.56. The smallest absolute Gasteiger partial charge is 0.270 e. The van der Waals surface area contributed by atoms with Crippen molar-refractivity contribution in [3.8, 4) is 5.75 Å². The molecule has 1 aromatic heterocycles. The fraction of sp³-hybridized carbons (Fsp3) is 0.353. The van der Waals surface area contributed by atoms with Crippen molar-refractivity contribution in [3.63, 3.8) is 0 Å². The molecule has 0 amide bonds. The number of pyridine rings is 1. The first kappa shape index (κ1) is 17.0. The number of fused-ring (bicyclic) bond motifs is 1. The molecule has 2 atom stereocenters. The van der Waals surface area contributed by atoms with Gasteiger partial charge in [0.1, 0.15) is 17.0 Å². The number of aromatic nitrogens is 1. The standard InChI is InChI=1S/C17H19N3O5/c1-16(2)17(3,22)15(19-10-6-7-18-14(21)8-10)12-9-11(20(23)24)4-5-13(12)25-16/h4-9,15,22H,1-3H3,(H2,18,19,21). The monoisotopic (exact) mass is 345 g/mol. The topological polar surface area (TPSA) is 117 Å². The molecule has 1 aliphatic heterocycles. The highest BCUT2D eigenvalue weighted by molar-refractivity contribution is 5.54. The zero-order valence-electron chi connectivity index (χ0n) is 14.1. The van der Waals surface area contributed by atoms with Crippen LogP contribution in [0.25, 0.3) is 0 Å². The van der Waals surface area contributed by atoms with Crippen LogP contribution >= 0.6 is 0 Å². The molecule has 0 spiro atoms. The van der Waals surface area contributed by atoms with Gasteiger partial charge in [0.2, 0.25) is 5.56 Å². The molecule has 132 valence electrons. The average Bonchev–Trinajstić information content (AvgIpc) is 2.51. The van der Waals surface area contributed by atoms with Gasteiger partial charge in [-0.3, -0.25) is 14.9 Å². The van der Waals surface area contributed by atoms with E-state index in [1.54, 1.807) is 26.8 Å². The molecule has 1 aliphatic rings. The summed E-state index contributed by atoms with van der Waals surface area (Å²) in [7, 11) is 0. The van der Waals surface area contributed by atoms with Gasteiger partial charge >= 0.3 is 0 Å². The number of aromatic amines is 1. The predicted octanol–water partition coefficient (Wildman–Crippen LogP) is 2.36. The highest BCUT2D eigenvalue weighted by Crippen LogP contribution is 2.48. The highest BCUT2D eigenvalue weighted by Gasteiger charge is 2.53. The molecule has 25 heavy (non-hydrogen) atoms. The quantitative estimate of drug-likeness (QED) is 0.580. The summed E-state index contributed by atoms with van der Waals surface area (Å²) in [6.07, 6.45) is 1.48. The molecule has 1 aromatic carbocycles. The third-order valence-corrected chi connectivity index (χ3v) is 4.75. The van der Waals surface area contributed by atoms with Crippen LogP contribution in [0.5, 0.6) is 5.75 Å². The second-order valence-corrected chi connectivity index (χ2v) is 6.76. The van der Waals surface area contributed by atoms with Crippen molar-refractivity contribution in [1.82, 2.24) is 4.98 Å². The number of hydrogen-bond donors (Lipinski definition) is 3. The van der Waals surface area contributed by atoms with E-state index >= 15 is 0 Å². The van der Waals surface area contributed by atoms with Gasteiger partial charge < -0.3 is 20.1 Å². The molecule has 3 N–H and O–H groups in total. The van der Waals surface area contributed by atoms with Crippen LogP contribution in [0.1, 0.15) is 32.4 Å². The molecule has 0 bridgehead atoms. The van der Waals surface area contributed by atoms with Crippen LogP contribution in [0.4, 0.5) is 11.4 Å². The van der Waals surface area contributed by atoms with Gasteiger partial charge in [0.05, 0.1) is 11.0 Å². The minimum Gasteiger partial charge on any atom is -0.484 e. The zero-order chi connectivity index (χ0) is 18.4. The highest BCUT2D eigenvalue weighted by atomic mass is 16.6. The van der Waals surface area contributed by atoms with Gasteiger partial charge in [-0.15, -0.1) is 0 Å². The van der Waals surface area contributed by atoms with Crippen molar-refractivity contribution in [2.75, 3.05) is 5.32 Å². The van der Waals surface area contributed by atoms with Crippen LogP contribution < -0.4 is 15.6 Å². The van der Waals surface area contributed by atoms with Crippen LogP contribution in [0, 0.1) is 10.1 Å². The predicted molar refractivity (Wildman–Crippen MR) is 91.9 cm³/mol. The molecule has 0 fully saturated rings. The maximum absolute atomic E-state index is 11.5. The van der Waals surface area contributed by atoms with Crippen molar-refractivity contribution in [2.24, 2.45) is 0 Å². The number of nitrogens with one attached hydrogen (secondary N) is 2. The minimum absolute atomic E-state index is 0.101. The number of benzene rings is 1. The zero-order valence-corrected chi connectivity index (χ0v) is 14.1. The van der Waals surface area contributed by atoms with E-state index in [4.69, 9.17) is 4.74 Å². The number of nitrogens with zero attached hydrogens (tertiary/aromatic N) is 1. The van der Waals surface area contributed by atoms with E-state index in [1.807, 2.05) is 0 Å². The van der Waals surface area contributed by atoms with E-state index in [-0.39, 0.29) is 11.2 Å². The van der Waals surface area contributed by atoms with Gasteiger partial charge in [-0.1, -0.05) is 0 Å². The summed E-state index contributed by atoms with van der Waals surface area (Å²) in [4.78, 5) is 24.7. The summed E-state index contributed by atoms with van der Waals surface area (Å²) in [5, 5.41) is 25.4. The molecule has 0 aliphatic carbocycles. The van der Waals surface area contributed by atoms with Gasteiger partial charge in [0, 0.05) is 35.6 Å². The number of aliphatic hydroxyl groups is 1. The number of rotatable bonds is 3. The SMILES string of the molecule is CC1(C)Oc2ccc([N+](=O)[O-])cc2C(Nc2cc[nH]c(=O)c2)C1(C)O. The van der Waals surface area contributed by atoms with Crippen molar-refractivity contribution >= 4 is 11.4 Å². The van der Waals surface area contributed by atoms with Gasteiger partial charge in [0.15, 0.2) is 0 Å². The Labute approximate surface area is 143 Å². The average molecular weight is 345 g/mol. The molecule has 0 radical (unpaired) electrons. The lowest BCUT2D eigenvalue weighted by molar-refractivity contribution is -0.385. The number of nitro benzene ring substituents is 1. The number of non-ortho nitro benzene ring substituents is 1. The molecule has 0 saturated carbocycles. The molecule has 2 heterocycles. The van der Waals surface area contributed by atoms with Crippen molar-refractivity contribution < 1.29 is 14.8 Å². The first-order valence-electron chi connectivity index (χ1n) is 7.77. The van der Waals surface area contributed by atoms with Crippen LogP contribution in [0.3, 0.4) is 0 Å². The van der Waals surface area contributed by atoms with Crippen molar-refractivity contribution in [1.29, 1.82) is 0 Å². The molecule has 2 unspecified atom stereocenters. The Hall–Kier alpha value is -2.87. The Kier molecular flexibility index (Phi) is 3.80. The van der Waals surface area contributed by atoms with E-state index in [2.05, 4.69) is 10.3 Å². The van der Waals surface area contributed by atoms with Crippen LogP contribution in [-0.2, 0) is 0 Å². The molecule has 8 nitrogen and oxygen atoms in total. The molecule has 2 aromatic rings. The number of hydrogen-bond acceptors (Lipinski definition) is 6. The maximum atomic E-state index is 11.5. The van der Waals surface area contributed by atoms with Gasteiger partial charge in [-0.05, 0) is 32.9 Å². The minimum atomic E-state index is -1.40. The summed E-state index contributed by atoms with van der Waals surface area (Å²) in [5.41, 5.74) is -1.82. The Morgan fingerprint density at radius 2 is 2.00 bits per heavy atom. The van der Waals surface area contributed by atoms with E-state index < -0.39 is 22.2 Å². The summed E-state index contributed by atoms with van der Waals surface area (Å²) >= 11 is 0. The van der Waals surface area contributed by atoms with Crippen LogP contribution in [0.2, 0.25) is 0 Å². The molecule has 0 saturated heterocycles. The Bertz CT molecular complexity index is 888. The molecular formula is C17H19N3O5. The Morgan fingerprint density at radius 3 is 2.64 bits per heavy atom. The van der Waals surface area contributed by atoms with Gasteiger partial charge in [-0.2, -0.15) is 0 Å². The fourth-order valence-corrected chi connectivity index (χ4v) is 2.92. The van der Waals surface area contributed by atoms with Gasteiger partial charge in [0.25, 0.3) is 5.69 Å². The summed E-state index contributed by atoms with van der Waals surface area (Å²) < 4.78 is 5.88. The number of nitro groups is 1. The van der Waals surface area contributed by atoms with Crippen molar-refractivity contribution in [3.05, 3.63) is 62.6 Å². The first-order valence-corrected chi connectivity index (χ1v) is 7.77. The second-order valence-electron chi connectivity index (χ2n) is 6.76. The van der Waals surface area contributed by atoms with Crippen LogP contribution in [0.15, 0.2) is 41.3 Å². The van der Waals surface area contributed by atoms with E-state index in [0.717, 1.165) is 0 Å². The number of anilines is 1. The lowest BCUT2D eigenvalue weighted by Crippen LogP contribution is -2.59. The van der Waals surface area contributed by atoms with E-state index in [9.17, 15) is 20.0 Å². The Balaban J connectivity index is 2.14. The van der Waals surface area contributed by atoms with Crippen molar-refractivity contribution in [2.45, 2.75) is 38.0 Å². The van der Waals surface area contributed by atoms with E-state index in [0.29, 0.717) is 17.0 Å². The largest absolute Gasteiger partial charge is 0.484 e. The van der Waals surface area contributed by atoms with Gasteiger partial charge in [-0.25, -0.2) is 0 Å². The number of ether oxygens (including phenoxy) is 1. The molecule has 8 heteroatoms. The first-order chi connectivity index (χ1) is 11.6.